The Hall–Kier alpha value is -2.82. The van der Waals surface area contributed by atoms with E-state index in [4.69, 9.17) is 9.84 Å². The van der Waals surface area contributed by atoms with E-state index in [2.05, 4.69) is 5.32 Å². The lowest BCUT2D eigenvalue weighted by Gasteiger charge is -2.21. The van der Waals surface area contributed by atoms with E-state index in [0.29, 0.717) is 11.7 Å². The third kappa shape index (κ3) is 4.63. The molecule has 1 aliphatic rings. The van der Waals surface area contributed by atoms with Crippen molar-refractivity contribution in [2.24, 2.45) is 5.92 Å². The Morgan fingerprint density at radius 1 is 1.08 bits per heavy atom. The molecule has 3 rings (SSSR count). The SMILES string of the molecule is CC(NC(=O)C(c1ccccc1)C1CC1)c1ccc(OCC(=O)O)cc1. The van der Waals surface area contributed by atoms with Crippen LogP contribution < -0.4 is 10.1 Å². The van der Waals surface area contributed by atoms with Crippen molar-refractivity contribution in [3.8, 4) is 5.75 Å². The topological polar surface area (TPSA) is 75.6 Å². The first-order valence-electron chi connectivity index (χ1n) is 8.84. The minimum atomic E-state index is -1.01. The van der Waals surface area contributed by atoms with Crippen LogP contribution >= 0.6 is 0 Å². The molecule has 0 saturated heterocycles. The third-order valence-electron chi connectivity index (χ3n) is 4.64. The molecule has 1 amide bonds. The number of carboxylic acid groups (broad SMARTS) is 1. The van der Waals surface area contributed by atoms with Crippen molar-refractivity contribution in [2.45, 2.75) is 31.7 Å². The van der Waals surface area contributed by atoms with E-state index in [1.165, 1.54) is 0 Å². The van der Waals surface area contributed by atoms with E-state index in [-0.39, 0.29) is 24.5 Å². The Labute approximate surface area is 153 Å². The molecule has 5 heteroatoms. The minimum absolute atomic E-state index is 0.0532. The van der Waals surface area contributed by atoms with Gasteiger partial charge in [0.1, 0.15) is 5.75 Å². The molecule has 2 N–H and O–H groups in total. The highest BCUT2D eigenvalue weighted by molar-refractivity contribution is 5.84. The molecule has 2 unspecified atom stereocenters. The zero-order valence-electron chi connectivity index (χ0n) is 14.7. The van der Waals surface area contributed by atoms with Crippen LogP contribution in [-0.2, 0) is 9.59 Å². The van der Waals surface area contributed by atoms with Crippen LogP contribution in [0.2, 0.25) is 0 Å². The molecule has 0 radical (unpaired) electrons. The monoisotopic (exact) mass is 353 g/mol. The van der Waals surface area contributed by atoms with Gasteiger partial charge in [0, 0.05) is 0 Å². The Morgan fingerprint density at radius 2 is 1.73 bits per heavy atom. The Kier molecular flexibility index (Phi) is 5.56. The molecule has 1 saturated carbocycles. The lowest BCUT2D eigenvalue weighted by atomic mass is 9.92. The van der Waals surface area contributed by atoms with Crippen LogP contribution in [0.1, 0.15) is 42.9 Å². The number of benzene rings is 2. The van der Waals surface area contributed by atoms with Crippen LogP contribution in [-0.4, -0.2) is 23.6 Å². The number of carbonyl (C=O) groups excluding carboxylic acids is 1. The molecule has 0 aromatic heterocycles. The predicted octanol–water partition coefficient (Wildman–Crippen LogP) is 3.52. The van der Waals surface area contributed by atoms with Gasteiger partial charge in [0.15, 0.2) is 6.61 Å². The number of carboxylic acids is 1. The summed E-state index contributed by atoms with van der Waals surface area (Å²) in [6.45, 7) is 1.58. The van der Waals surface area contributed by atoms with Crippen LogP contribution in [0.25, 0.3) is 0 Å². The van der Waals surface area contributed by atoms with Crippen molar-refractivity contribution in [1.29, 1.82) is 0 Å². The van der Waals surface area contributed by atoms with Gasteiger partial charge in [-0.15, -0.1) is 0 Å². The van der Waals surface area contributed by atoms with Crippen LogP contribution in [0.15, 0.2) is 54.6 Å². The van der Waals surface area contributed by atoms with Crippen molar-refractivity contribution in [3.63, 3.8) is 0 Å². The van der Waals surface area contributed by atoms with E-state index in [0.717, 1.165) is 24.0 Å². The van der Waals surface area contributed by atoms with Crippen molar-refractivity contribution in [2.75, 3.05) is 6.61 Å². The van der Waals surface area contributed by atoms with E-state index >= 15 is 0 Å². The molecule has 0 bridgehead atoms. The highest BCUT2D eigenvalue weighted by Gasteiger charge is 2.37. The average Bonchev–Trinajstić information content (AvgIpc) is 3.46. The fourth-order valence-corrected chi connectivity index (χ4v) is 3.11. The summed E-state index contributed by atoms with van der Waals surface area (Å²) >= 11 is 0. The van der Waals surface area contributed by atoms with E-state index < -0.39 is 5.97 Å². The lowest BCUT2D eigenvalue weighted by molar-refractivity contribution is -0.139. The molecule has 26 heavy (non-hydrogen) atoms. The van der Waals surface area contributed by atoms with Gasteiger partial charge in [-0.05, 0) is 48.9 Å². The van der Waals surface area contributed by atoms with E-state index in [1.807, 2.05) is 49.4 Å². The number of ether oxygens (including phenoxy) is 1. The molecule has 5 nitrogen and oxygen atoms in total. The lowest BCUT2D eigenvalue weighted by Crippen LogP contribution is -2.32. The van der Waals surface area contributed by atoms with Crippen LogP contribution in [0, 0.1) is 5.92 Å². The van der Waals surface area contributed by atoms with Crippen LogP contribution in [0.3, 0.4) is 0 Å². The van der Waals surface area contributed by atoms with Crippen molar-refractivity contribution in [1.82, 2.24) is 5.32 Å². The van der Waals surface area contributed by atoms with Crippen LogP contribution in [0.4, 0.5) is 0 Å². The van der Waals surface area contributed by atoms with Gasteiger partial charge in [-0.1, -0.05) is 42.5 Å². The molecule has 1 fully saturated rings. The van der Waals surface area contributed by atoms with Crippen LogP contribution in [0.5, 0.6) is 5.75 Å². The number of hydrogen-bond donors (Lipinski definition) is 2. The van der Waals surface area contributed by atoms with Gasteiger partial charge < -0.3 is 15.2 Å². The zero-order valence-corrected chi connectivity index (χ0v) is 14.7. The Morgan fingerprint density at radius 3 is 2.31 bits per heavy atom. The number of nitrogens with one attached hydrogen (secondary N) is 1. The van der Waals surface area contributed by atoms with E-state index in [1.54, 1.807) is 12.1 Å². The van der Waals surface area contributed by atoms with Crippen molar-refractivity contribution < 1.29 is 19.4 Å². The largest absolute Gasteiger partial charge is 0.482 e. The Bertz CT molecular complexity index is 753. The summed E-state index contributed by atoms with van der Waals surface area (Å²) < 4.78 is 5.13. The second kappa shape index (κ2) is 8.04. The second-order valence-corrected chi connectivity index (χ2v) is 6.71. The van der Waals surface area contributed by atoms with Crippen molar-refractivity contribution >= 4 is 11.9 Å². The van der Waals surface area contributed by atoms with Gasteiger partial charge in [-0.3, -0.25) is 4.79 Å². The molecule has 0 spiro atoms. The van der Waals surface area contributed by atoms with Gasteiger partial charge in [-0.25, -0.2) is 4.79 Å². The van der Waals surface area contributed by atoms with Gasteiger partial charge in [-0.2, -0.15) is 0 Å². The molecular formula is C21H23NO4. The van der Waals surface area contributed by atoms with Gasteiger partial charge in [0.2, 0.25) is 5.91 Å². The normalized spacial score (nSPS) is 15.7. The molecular weight excluding hydrogens is 330 g/mol. The van der Waals surface area contributed by atoms with Crippen molar-refractivity contribution in [3.05, 3.63) is 65.7 Å². The minimum Gasteiger partial charge on any atom is -0.482 e. The summed E-state index contributed by atoms with van der Waals surface area (Å²) in [4.78, 5) is 23.4. The summed E-state index contributed by atoms with van der Waals surface area (Å²) in [6.07, 6.45) is 2.19. The fraction of sp³-hybridized carbons (Fsp3) is 0.333. The molecule has 136 valence electrons. The first-order chi connectivity index (χ1) is 12.5. The molecule has 2 aromatic rings. The second-order valence-electron chi connectivity index (χ2n) is 6.71. The van der Waals surface area contributed by atoms with Gasteiger partial charge in [0.25, 0.3) is 0 Å². The number of aliphatic carboxylic acids is 1. The number of carbonyl (C=O) groups is 2. The predicted molar refractivity (Wildman–Crippen MR) is 98.0 cm³/mol. The highest BCUT2D eigenvalue weighted by atomic mass is 16.5. The molecule has 2 aromatic carbocycles. The summed E-state index contributed by atoms with van der Waals surface area (Å²) in [5, 5.41) is 11.8. The summed E-state index contributed by atoms with van der Waals surface area (Å²) in [5.74, 6) is -0.137. The molecule has 2 atom stereocenters. The first-order valence-corrected chi connectivity index (χ1v) is 8.84. The highest BCUT2D eigenvalue weighted by Crippen LogP contribution is 2.43. The maximum atomic E-state index is 12.9. The quantitative estimate of drug-likeness (QED) is 0.761. The first kappa shape index (κ1) is 18.0. The average molecular weight is 353 g/mol. The van der Waals surface area contributed by atoms with E-state index in [9.17, 15) is 9.59 Å². The summed E-state index contributed by atoms with van der Waals surface area (Å²) in [5.41, 5.74) is 2.01. The molecule has 1 aliphatic carbocycles. The number of hydrogen-bond acceptors (Lipinski definition) is 3. The standard InChI is InChI=1S/C21H23NO4/c1-14(15-9-11-18(12-10-15)26-13-19(23)24)22-21(25)20(17-7-8-17)16-5-3-2-4-6-16/h2-6,9-12,14,17,20H,7-8,13H2,1H3,(H,22,25)(H,23,24). The molecule has 0 aliphatic heterocycles. The van der Waals surface area contributed by atoms with Gasteiger partial charge >= 0.3 is 5.97 Å². The maximum absolute atomic E-state index is 12.9. The smallest absolute Gasteiger partial charge is 0.341 e. The number of amides is 1. The summed E-state index contributed by atoms with van der Waals surface area (Å²) in [7, 11) is 0. The zero-order chi connectivity index (χ0) is 18.5. The fourth-order valence-electron chi connectivity index (χ4n) is 3.11. The Balaban J connectivity index is 1.63. The summed E-state index contributed by atoms with van der Waals surface area (Å²) in [6, 6.07) is 16.9. The molecule has 0 heterocycles. The maximum Gasteiger partial charge on any atom is 0.341 e. The third-order valence-corrected chi connectivity index (χ3v) is 4.64. The number of rotatable bonds is 8. The van der Waals surface area contributed by atoms with Gasteiger partial charge in [0.05, 0.1) is 12.0 Å².